The van der Waals surface area contributed by atoms with Crippen molar-refractivity contribution >= 4 is 5.78 Å². The molecule has 4 bridgehead atoms. The fraction of sp³-hybridized carbons (Fsp3) is 0.923. The van der Waals surface area contributed by atoms with Crippen LogP contribution >= 0.6 is 0 Å². The Kier molecular flexibility index (Phi) is 1.74. The minimum Gasteiger partial charge on any atom is -0.381 e. The van der Waals surface area contributed by atoms with Gasteiger partial charge in [-0.3, -0.25) is 4.79 Å². The van der Waals surface area contributed by atoms with E-state index in [9.17, 15) is 9.90 Å². The summed E-state index contributed by atoms with van der Waals surface area (Å²) in [6.07, 6.45) is 4.83. The van der Waals surface area contributed by atoms with E-state index in [0.717, 1.165) is 25.7 Å². The summed E-state index contributed by atoms with van der Waals surface area (Å²) in [4.78, 5) is 12.2. The van der Waals surface area contributed by atoms with E-state index in [1.165, 1.54) is 0 Å². The third-order valence-corrected chi connectivity index (χ3v) is 5.74. The van der Waals surface area contributed by atoms with Gasteiger partial charge in [-0.25, -0.2) is 0 Å². The molecule has 0 radical (unpaired) electrons. The molecule has 1 N–H and O–H groups in total. The molecular formula is C13H20O2. The van der Waals surface area contributed by atoms with Crippen molar-refractivity contribution in [2.24, 2.45) is 23.2 Å². The van der Waals surface area contributed by atoms with E-state index in [1.807, 2.05) is 0 Å². The van der Waals surface area contributed by atoms with E-state index < -0.39 is 5.60 Å². The van der Waals surface area contributed by atoms with Crippen LogP contribution in [0.4, 0.5) is 0 Å². The topological polar surface area (TPSA) is 37.3 Å². The summed E-state index contributed by atoms with van der Waals surface area (Å²) in [5.74, 6) is 1.60. The van der Waals surface area contributed by atoms with Gasteiger partial charge >= 0.3 is 0 Å². The maximum absolute atomic E-state index is 12.2. The van der Waals surface area contributed by atoms with Crippen LogP contribution in [0.2, 0.25) is 0 Å². The average Bonchev–Trinajstić information content (AvgIpc) is 2.21. The standard InChI is InChI=1S/C13H20O2/c1-8-3-6-13(15)11(14)9-4-5-12(13,2)10(8)7-9/h8-10,15H,3-7H2,1-2H3/t8-,9-,10-,12-,13-/m1/s1. The Bertz CT molecular complexity index is 324. The Labute approximate surface area is 91.1 Å². The van der Waals surface area contributed by atoms with Crippen molar-refractivity contribution in [3.05, 3.63) is 0 Å². The molecule has 0 aromatic carbocycles. The highest BCUT2D eigenvalue weighted by Gasteiger charge is 2.66. The molecule has 2 heteroatoms. The summed E-state index contributed by atoms with van der Waals surface area (Å²) in [5, 5.41) is 10.7. The SMILES string of the molecule is C[C@@H]1CC[C@@]2(O)C(=O)[C@@H]3CC[C@]2(C)[C@@H]1C3. The van der Waals surface area contributed by atoms with Gasteiger partial charge in [-0.15, -0.1) is 0 Å². The molecule has 4 rings (SSSR count). The molecule has 2 nitrogen and oxygen atoms in total. The first-order chi connectivity index (χ1) is 6.99. The Hall–Kier alpha value is -0.370. The second kappa shape index (κ2) is 2.65. The Morgan fingerprint density at radius 1 is 1.33 bits per heavy atom. The van der Waals surface area contributed by atoms with Crippen molar-refractivity contribution in [3.8, 4) is 0 Å². The molecule has 0 aliphatic heterocycles. The average molecular weight is 208 g/mol. The first-order valence-corrected chi connectivity index (χ1v) is 6.26. The fourth-order valence-corrected chi connectivity index (χ4v) is 4.62. The zero-order valence-electron chi connectivity index (χ0n) is 9.62. The van der Waals surface area contributed by atoms with E-state index in [2.05, 4.69) is 13.8 Å². The largest absolute Gasteiger partial charge is 0.381 e. The highest BCUT2D eigenvalue weighted by atomic mass is 16.3. The van der Waals surface area contributed by atoms with Crippen molar-refractivity contribution in [1.82, 2.24) is 0 Å². The van der Waals surface area contributed by atoms with Crippen molar-refractivity contribution in [2.45, 2.75) is 51.6 Å². The molecule has 84 valence electrons. The van der Waals surface area contributed by atoms with Crippen LogP contribution in [0.25, 0.3) is 0 Å². The number of rotatable bonds is 0. The summed E-state index contributed by atoms with van der Waals surface area (Å²) in [6.45, 7) is 4.45. The molecular weight excluding hydrogens is 188 g/mol. The maximum atomic E-state index is 12.2. The first kappa shape index (κ1) is 9.83. The Morgan fingerprint density at radius 2 is 2.07 bits per heavy atom. The van der Waals surface area contributed by atoms with Crippen molar-refractivity contribution in [1.29, 1.82) is 0 Å². The lowest BCUT2D eigenvalue weighted by molar-refractivity contribution is -0.214. The monoisotopic (exact) mass is 208 g/mol. The zero-order valence-corrected chi connectivity index (χ0v) is 9.62. The molecule has 0 heterocycles. The van der Waals surface area contributed by atoms with Gasteiger partial charge in [0.05, 0.1) is 0 Å². The second-order valence-corrected chi connectivity index (χ2v) is 6.24. The number of carbonyl (C=O) groups excluding carboxylic acids is 1. The second-order valence-electron chi connectivity index (χ2n) is 6.24. The fourth-order valence-electron chi connectivity index (χ4n) is 4.62. The van der Waals surface area contributed by atoms with Crippen LogP contribution in [0.3, 0.4) is 0 Å². The third kappa shape index (κ3) is 0.926. The van der Waals surface area contributed by atoms with Gasteiger partial charge in [0, 0.05) is 11.3 Å². The van der Waals surface area contributed by atoms with E-state index in [-0.39, 0.29) is 17.1 Å². The lowest BCUT2D eigenvalue weighted by Crippen LogP contribution is -2.68. The molecule has 0 spiro atoms. The quantitative estimate of drug-likeness (QED) is 0.662. The normalized spacial score (nSPS) is 58.3. The number of hydrogen-bond donors (Lipinski definition) is 1. The van der Waals surface area contributed by atoms with Crippen molar-refractivity contribution in [3.63, 3.8) is 0 Å². The number of hydrogen-bond acceptors (Lipinski definition) is 2. The van der Waals surface area contributed by atoms with Gasteiger partial charge in [0.2, 0.25) is 0 Å². The highest BCUT2D eigenvalue weighted by Crippen LogP contribution is 2.63. The summed E-state index contributed by atoms with van der Waals surface area (Å²) < 4.78 is 0. The van der Waals surface area contributed by atoms with Gasteiger partial charge in [-0.1, -0.05) is 13.8 Å². The van der Waals surface area contributed by atoms with Crippen LogP contribution in [-0.2, 0) is 4.79 Å². The van der Waals surface area contributed by atoms with Gasteiger partial charge in [-0.05, 0) is 43.9 Å². The van der Waals surface area contributed by atoms with Crippen LogP contribution in [0.1, 0.15) is 46.0 Å². The first-order valence-electron chi connectivity index (χ1n) is 6.26. The number of fused-ring (bicyclic) bond motifs is 1. The van der Waals surface area contributed by atoms with E-state index in [0.29, 0.717) is 18.3 Å². The molecule has 4 fully saturated rings. The predicted octanol–water partition coefficient (Wildman–Crippen LogP) is 2.15. The lowest BCUT2D eigenvalue weighted by atomic mass is 9.42. The molecule has 0 amide bonds. The molecule has 15 heavy (non-hydrogen) atoms. The number of Topliss-reactive ketones (excluding diaryl/α,β-unsaturated/α-hetero) is 1. The maximum Gasteiger partial charge on any atom is 0.167 e. The van der Waals surface area contributed by atoms with Gasteiger partial charge in [0.15, 0.2) is 5.78 Å². The summed E-state index contributed by atoms with van der Waals surface area (Å²) in [7, 11) is 0. The van der Waals surface area contributed by atoms with Crippen molar-refractivity contribution < 1.29 is 9.90 Å². The van der Waals surface area contributed by atoms with Gasteiger partial charge in [0.25, 0.3) is 0 Å². The van der Waals surface area contributed by atoms with Crippen LogP contribution < -0.4 is 0 Å². The summed E-state index contributed by atoms with van der Waals surface area (Å²) >= 11 is 0. The Balaban J connectivity index is 2.11. The predicted molar refractivity (Wildman–Crippen MR) is 57.3 cm³/mol. The molecule has 0 unspecified atom stereocenters. The van der Waals surface area contributed by atoms with E-state index >= 15 is 0 Å². The minimum atomic E-state index is -0.967. The highest BCUT2D eigenvalue weighted by molar-refractivity contribution is 5.92. The molecule has 0 aromatic heterocycles. The van der Waals surface area contributed by atoms with Gasteiger partial charge in [0.1, 0.15) is 5.60 Å². The number of ketones is 1. The smallest absolute Gasteiger partial charge is 0.167 e. The third-order valence-electron chi connectivity index (χ3n) is 5.74. The summed E-state index contributed by atoms with van der Waals surface area (Å²) in [6, 6.07) is 0. The number of aliphatic hydroxyl groups is 1. The molecule has 4 aliphatic rings. The van der Waals surface area contributed by atoms with Crippen molar-refractivity contribution in [2.75, 3.05) is 0 Å². The van der Waals surface area contributed by atoms with E-state index in [4.69, 9.17) is 0 Å². The lowest BCUT2D eigenvalue weighted by Gasteiger charge is -2.63. The molecule has 5 atom stereocenters. The van der Waals surface area contributed by atoms with Crippen LogP contribution in [0.15, 0.2) is 0 Å². The molecule has 0 aromatic rings. The van der Waals surface area contributed by atoms with Crippen LogP contribution in [0, 0.1) is 23.2 Å². The van der Waals surface area contributed by atoms with Gasteiger partial charge in [-0.2, -0.15) is 0 Å². The van der Waals surface area contributed by atoms with Gasteiger partial charge < -0.3 is 5.11 Å². The summed E-state index contributed by atoms with van der Waals surface area (Å²) in [5.41, 5.74) is -1.08. The number of carbonyl (C=O) groups is 1. The molecule has 4 saturated carbocycles. The van der Waals surface area contributed by atoms with Crippen LogP contribution in [0.5, 0.6) is 0 Å². The van der Waals surface area contributed by atoms with E-state index in [1.54, 1.807) is 0 Å². The minimum absolute atomic E-state index is 0.115. The van der Waals surface area contributed by atoms with Crippen LogP contribution in [-0.4, -0.2) is 16.5 Å². The Morgan fingerprint density at radius 3 is 2.80 bits per heavy atom. The molecule has 4 aliphatic carbocycles. The molecule has 0 saturated heterocycles. The zero-order chi connectivity index (χ0) is 10.8.